The van der Waals surface area contributed by atoms with Crippen molar-refractivity contribution in [3.8, 4) is 0 Å². The minimum atomic E-state index is -0.116. The Kier molecular flexibility index (Phi) is 5.71. The molecule has 2 aromatic rings. The molecular weight excluding hydrogens is 376 g/mol. The number of carbonyl (C=O) groups is 1. The number of rotatable bonds is 4. The lowest BCUT2D eigenvalue weighted by Gasteiger charge is -2.35. The molecule has 1 fully saturated rings. The van der Waals surface area contributed by atoms with Gasteiger partial charge in [0.1, 0.15) is 15.7 Å². The van der Waals surface area contributed by atoms with Crippen molar-refractivity contribution in [2.75, 3.05) is 32.7 Å². The highest BCUT2D eigenvalue weighted by atomic mass is 32.2. The number of thioether (sulfide) groups is 1. The van der Waals surface area contributed by atoms with E-state index in [-0.39, 0.29) is 11.2 Å². The highest BCUT2D eigenvalue weighted by molar-refractivity contribution is 8.00. The summed E-state index contributed by atoms with van der Waals surface area (Å²) < 4.78 is 0. The van der Waals surface area contributed by atoms with Crippen LogP contribution in [-0.4, -0.2) is 63.6 Å². The van der Waals surface area contributed by atoms with Crippen LogP contribution < -0.4 is 0 Å². The zero-order chi connectivity index (χ0) is 19.0. The fraction of sp³-hybridized carbons (Fsp3) is 0.650. The van der Waals surface area contributed by atoms with Gasteiger partial charge < -0.3 is 9.80 Å². The molecule has 0 bridgehead atoms. The van der Waals surface area contributed by atoms with E-state index in [1.165, 1.54) is 28.7 Å². The van der Waals surface area contributed by atoms with E-state index in [0.717, 1.165) is 61.2 Å². The number of fused-ring (bicyclic) bond motifs is 3. The van der Waals surface area contributed by atoms with Crippen molar-refractivity contribution in [1.82, 2.24) is 19.8 Å². The molecule has 27 heavy (non-hydrogen) atoms. The van der Waals surface area contributed by atoms with Gasteiger partial charge in [0.05, 0.1) is 5.25 Å². The van der Waals surface area contributed by atoms with Crippen LogP contribution in [0.2, 0.25) is 0 Å². The molecule has 1 saturated heterocycles. The number of hydrogen-bond donors (Lipinski definition) is 0. The van der Waals surface area contributed by atoms with Crippen LogP contribution in [0.25, 0.3) is 10.2 Å². The van der Waals surface area contributed by atoms with Gasteiger partial charge in [-0.3, -0.25) is 4.79 Å². The van der Waals surface area contributed by atoms with Gasteiger partial charge in [0, 0.05) is 36.4 Å². The molecule has 2 aromatic heterocycles. The SMILES string of the molecule is CCN1CCN(C(=O)[C@@H](C)Sc2nc(C)nc3sc4c(c23)CCCC4)CC1. The highest BCUT2D eigenvalue weighted by Gasteiger charge is 2.27. The van der Waals surface area contributed by atoms with Crippen LogP contribution >= 0.6 is 23.1 Å². The predicted molar refractivity (Wildman–Crippen MR) is 113 cm³/mol. The third kappa shape index (κ3) is 3.87. The van der Waals surface area contributed by atoms with Crippen molar-refractivity contribution in [2.24, 2.45) is 0 Å². The maximum atomic E-state index is 13.0. The van der Waals surface area contributed by atoms with Crippen LogP contribution in [0.5, 0.6) is 0 Å². The molecule has 1 atom stereocenters. The summed E-state index contributed by atoms with van der Waals surface area (Å²) >= 11 is 3.45. The largest absolute Gasteiger partial charge is 0.339 e. The lowest BCUT2D eigenvalue weighted by atomic mass is 9.97. The molecule has 7 heteroatoms. The molecule has 5 nitrogen and oxygen atoms in total. The van der Waals surface area contributed by atoms with Crippen molar-refractivity contribution in [3.63, 3.8) is 0 Å². The fourth-order valence-corrected chi connectivity index (χ4v) is 6.55. The lowest BCUT2D eigenvalue weighted by Crippen LogP contribution is -2.50. The molecule has 1 aliphatic carbocycles. The van der Waals surface area contributed by atoms with Crippen LogP contribution in [-0.2, 0) is 17.6 Å². The number of piperazine rings is 1. The second-order valence-electron chi connectivity index (χ2n) is 7.49. The first kappa shape index (κ1) is 19.2. The van der Waals surface area contributed by atoms with E-state index in [1.807, 2.05) is 30.1 Å². The molecule has 0 aromatic carbocycles. The summed E-state index contributed by atoms with van der Waals surface area (Å²) in [6.45, 7) is 10.9. The van der Waals surface area contributed by atoms with Gasteiger partial charge in [-0.25, -0.2) is 9.97 Å². The number of aromatic nitrogens is 2. The zero-order valence-electron chi connectivity index (χ0n) is 16.5. The van der Waals surface area contributed by atoms with E-state index in [2.05, 4.69) is 11.8 Å². The van der Waals surface area contributed by atoms with Crippen molar-refractivity contribution >= 4 is 39.2 Å². The summed E-state index contributed by atoms with van der Waals surface area (Å²) in [6, 6.07) is 0. The summed E-state index contributed by atoms with van der Waals surface area (Å²) in [7, 11) is 0. The minimum Gasteiger partial charge on any atom is -0.339 e. The summed E-state index contributed by atoms with van der Waals surface area (Å²) in [5, 5.41) is 2.11. The van der Waals surface area contributed by atoms with Crippen LogP contribution in [0.4, 0.5) is 0 Å². The number of amides is 1. The van der Waals surface area contributed by atoms with Crippen LogP contribution in [0.1, 0.15) is 43.0 Å². The standard InChI is InChI=1S/C20H28N4OS2/c1-4-23-9-11-24(12-10-23)20(25)13(2)26-18-17-15-7-5-6-8-16(15)27-19(17)22-14(3)21-18/h13H,4-12H2,1-3H3/t13-/m1/s1. The quantitative estimate of drug-likeness (QED) is 0.576. The third-order valence-electron chi connectivity index (χ3n) is 5.66. The Balaban J connectivity index is 1.56. The molecule has 0 saturated carbocycles. The van der Waals surface area contributed by atoms with Crippen molar-refractivity contribution in [3.05, 3.63) is 16.3 Å². The summed E-state index contributed by atoms with van der Waals surface area (Å²) in [6.07, 6.45) is 4.80. The first-order valence-corrected chi connectivity index (χ1v) is 11.7. The van der Waals surface area contributed by atoms with Gasteiger partial charge >= 0.3 is 0 Å². The Bertz CT molecular complexity index is 842. The topological polar surface area (TPSA) is 49.3 Å². The normalized spacial score (nSPS) is 19.3. The molecule has 4 rings (SSSR count). The number of nitrogens with zero attached hydrogens (tertiary/aromatic N) is 4. The van der Waals surface area contributed by atoms with Gasteiger partial charge in [0.15, 0.2) is 0 Å². The van der Waals surface area contributed by atoms with Gasteiger partial charge in [-0.1, -0.05) is 18.7 Å². The Morgan fingerprint density at radius 1 is 1.19 bits per heavy atom. The first-order valence-electron chi connectivity index (χ1n) is 10.0. The average Bonchev–Trinajstić information content (AvgIpc) is 3.05. The number of aryl methyl sites for hydroxylation is 3. The van der Waals surface area contributed by atoms with E-state index < -0.39 is 0 Å². The molecule has 1 aliphatic heterocycles. The van der Waals surface area contributed by atoms with Crippen molar-refractivity contribution in [2.45, 2.75) is 56.7 Å². The average molecular weight is 405 g/mol. The highest BCUT2D eigenvalue weighted by Crippen LogP contribution is 2.40. The first-order chi connectivity index (χ1) is 13.1. The second-order valence-corrected chi connectivity index (χ2v) is 9.90. The number of hydrogen-bond acceptors (Lipinski definition) is 6. The number of thiophene rings is 1. The smallest absolute Gasteiger partial charge is 0.235 e. The van der Waals surface area contributed by atoms with Gasteiger partial charge in [-0.15, -0.1) is 11.3 Å². The third-order valence-corrected chi connectivity index (χ3v) is 7.92. The predicted octanol–water partition coefficient (Wildman–Crippen LogP) is 3.52. The molecular formula is C20H28N4OS2. The minimum absolute atomic E-state index is 0.116. The molecule has 0 spiro atoms. The molecule has 3 heterocycles. The van der Waals surface area contributed by atoms with E-state index in [0.29, 0.717) is 0 Å². The second kappa shape index (κ2) is 8.05. The summed E-state index contributed by atoms with van der Waals surface area (Å²) in [5.41, 5.74) is 1.44. The van der Waals surface area contributed by atoms with E-state index in [4.69, 9.17) is 9.97 Å². The van der Waals surface area contributed by atoms with Crippen LogP contribution in [0, 0.1) is 6.92 Å². The van der Waals surface area contributed by atoms with Crippen LogP contribution in [0.15, 0.2) is 5.03 Å². The van der Waals surface area contributed by atoms with Gasteiger partial charge in [0.2, 0.25) is 5.91 Å². The molecule has 0 unspecified atom stereocenters. The Morgan fingerprint density at radius 3 is 2.67 bits per heavy atom. The van der Waals surface area contributed by atoms with Crippen LogP contribution in [0.3, 0.4) is 0 Å². The number of likely N-dealkylation sites (N-methyl/N-ethyl adjacent to an activating group) is 1. The molecule has 146 valence electrons. The van der Waals surface area contributed by atoms with Crippen molar-refractivity contribution < 1.29 is 4.79 Å². The Labute approximate surface area is 169 Å². The maximum Gasteiger partial charge on any atom is 0.235 e. The maximum absolute atomic E-state index is 13.0. The molecule has 1 amide bonds. The number of carbonyl (C=O) groups excluding carboxylic acids is 1. The van der Waals surface area contributed by atoms with Gasteiger partial charge in [0.25, 0.3) is 0 Å². The monoisotopic (exact) mass is 404 g/mol. The van der Waals surface area contributed by atoms with E-state index >= 15 is 0 Å². The lowest BCUT2D eigenvalue weighted by molar-refractivity contribution is -0.132. The summed E-state index contributed by atoms with van der Waals surface area (Å²) in [5.74, 6) is 1.05. The summed E-state index contributed by atoms with van der Waals surface area (Å²) in [4.78, 5) is 29.4. The molecule has 0 radical (unpaired) electrons. The molecule has 2 aliphatic rings. The van der Waals surface area contributed by atoms with E-state index in [1.54, 1.807) is 11.8 Å². The van der Waals surface area contributed by atoms with Crippen molar-refractivity contribution in [1.29, 1.82) is 0 Å². The van der Waals surface area contributed by atoms with E-state index in [9.17, 15) is 4.79 Å². The van der Waals surface area contributed by atoms with Gasteiger partial charge in [-0.05, 0) is 51.6 Å². The Morgan fingerprint density at radius 2 is 1.93 bits per heavy atom. The molecule has 0 N–H and O–H groups in total. The van der Waals surface area contributed by atoms with Gasteiger partial charge in [-0.2, -0.15) is 0 Å². The zero-order valence-corrected chi connectivity index (χ0v) is 18.1. The fourth-order valence-electron chi connectivity index (χ4n) is 4.07. The Hall–Kier alpha value is -1.18.